The molecule has 0 bridgehead atoms. The van der Waals surface area contributed by atoms with E-state index in [0.29, 0.717) is 36.6 Å². The molecule has 0 atom stereocenters. The molecule has 34 heavy (non-hydrogen) atoms. The van der Waals surface area contributed by atoms with E-state index in [1.807, 2.05) is 43.3 Å². The Balaban J connectivity index is 1.53. The van der Waals surface area contributed by atoms with Gasteiger partial charge in [0.1, 0.15) is 11.1 Å². The molecule has 4 rings (SSSR count). The molecule has 1 amide bonds. The number of carbonyl (C=O) groups excluding carboxylic acids is 1. The summed E-state index contributed by atoms with van der Waals surface area (Å²) in [5, 5.41) is 10.6. The summed E-state index contributed by atoms with van der Waals surface area (Å²) in [6, 6.07) is 18.4. The van der Waals surface area contributed by atoms with E-state index >= 15 is 0 Å². The average molecular weight is 475 g/mol. The Bertz CT molecular complexity index is 1180. The van der Waals surface area contributed by atoms with Crippen LogP contribution >= 0.6 is 11.3 Å². The Morgan fingerprint density at radius 1 is 1.12 bits per heavy atom. The van der Waals surface area contributed by atoms with Crippen molar-refractivity contribution >= 4 is 22.2 Å². The molecule has 0 saturated carbocycles. The monoisotopic (exact) mass is 474 g/mol. The van der Waals surface area contributed by atoms with Crippen LogP contribution in [0.3, 0.4) is 0 Å². The van der Waals surface area contributed by atoms with E-state index in [9.17, 15) is 10.1 Å². The first-order chi connectivity index (χ1) is 16.6. The molecule has 0 radical (unpaired) electrons. The van der Waals surface area contributed by atoms with Crippen LogP contribution in [0.4, 0.5) is 5.00 Å². The zero-order valence-corrected chi connectivity index (χ0v) is 20.6. The van der Waals surface area contributed by atoms with E-state index in [0.717, 1.165) is 48.2 Å². The summed E-state index contributed by atoms with van der Waals surface area (Å²) in [4.78, 5) is 16.1. The fourth-order valence-corrected chi connectivity index (χ4v) is 5.71. The first kappa shape index (κ1) is 23.8. The van der Waals surface area contributed by atoms with Gasteiger partial charge in [-0.05, 0) is 54.5 Å². The molecule has 5 nitrogen and oxygen atoms in total. The second-order valence-corrected chi connectivity index (χ2v) is 9.53. The van der Waals surface area contributed by atoms with Crippen molar-refractivity contribution in [2.75, 3.05) is 18.6 Å². The van der Waals surface area contributed by atoms with Gasteiger partial charge in [0.25, 0.3) is 0 Å². The Kier molecular flexibility index (Phi) is 7.87. The van der Waals surface area contributed by atoms with Crippen LogP contribution in [-0.2, 0) is 30.6 Å². The van der Waals surface area contributed by atoms with Gasteiger partial charge in [0.2, 0.25) is 5.91 Å². The van der Waals surface area contributed by atoms with Gasteiger partial charge in [0.05, 0.1) is 25.8 Å². The zero-order chi connectivity index (χ0) is 23.9. The number of rotatable bonds is 10. The van der Waals surface area contributed by atoms with E-state index in [4.69, 9.17) is 9.47 Å². The van der Waals surface area contributed by atoms with Gasteiger partial charge in [-0.2, -0.15) is 5.26 Å². The summed E-state index contributed by atoms with van der Waals surface area (Å²) in [6.07, 6.45) is 5.03. The van der Waals surface area contributed by atoms with Crippen molar-refractivity contribution in [3.8, 4) is 17.6 Å². The van der Waals surface area contributed by atoms with E-state index in [1.54, 1.807) is 23.3 Å². The quantitative estimate of drug-likeness (QED) is 0.358. The van der Waals surface area contributed by atoms with Crippen LogP contribution in [0.15, 0.2) is 48.5 Å². The number of hydrogen-bond donors (Lipinski definition) is 0. The zero-order valence-electron chi connectivity index (χ0n) is 19.8. The molecule has 0 aliphatic heterocycles. The van der Waals surface area contributed by atoms with Crippen molar-refractivity contribution in [3.63, 3.8) is 0 Å². The third-order valence-corrected chi connectivity index (χ3v) is 7.40. The number of fused-ring (bicyclic) bond motifs is 1. The SMILES string of the molecule is CCCC(=O)N(Cc1ccc(OCCc2ccccc2)c(OC)c1)c1sc2c(c1C#N)CCC2. The standard InChI is InChI=1S/C28H30N2O3S/c1-3-8-27(31)30(28-23(18-29)22-11-7-12-26(22)34-28)19-21-13-14-24(25(17-21)32-2)33-16-15-20-9-5-4-6-10-20/h4-6,9-10,13-14,17H,3,7-8,11-12,15-16,19H2,1-2H3. The van der Waals surface area contributed by atoms with Crippen LogP contribution in [-0.4, -0.2) is 19.6 Å². The maximum atomic E-state index is 13.1. The fourth-order valence-electron chi connectivity index (χ4n) is 4.35. The number of hydrogen-bond acceptors (Lipinski definition) is 5. The maximum Gasteiger partial charge on any atom is 0.227 e. The number of methoxy groups -OCH3 is 1. The predicted molar refractivity (Wildman–Crippen MR) is 136 cm³/mol. The molecule has 0 N–H and O–H groups in total. The van der Waals surface area contributed by atoms with Gasteiger partial charge in [-0.3, -0.25) is 9.69 Å². The number of thiophene rings is 1. The summed E-state index contributed by atoms with van der Waals surface area (Å²) in [7, 11) is 1.63. The first-order valence-corrected chi connectivity index (χ1v) is 12.6. The van der Waals surface area contributed by atoms with Gasteiger partial charge in [-0.25, -0.2) is 0 Å². The smallest absolute Gasteiger partial charge is 0.227 e. The Morgan fingerprint density at radius 3 is 2.68 bits per heavy atom. The third kappa shape index (κ3) is 5.26. The number of ether oxygens (including phenoxy) is 2. The lowest BCUT2D eigenvalue weighted by molar-refractivity contribution is -0.118. The van der Waals surface area contributed by atoms with Gasteiger partial charge in [-0.1, -0.05) is 43.3 Å². The van der Waals surface area contributed by atoms with Crippen LogP contribution in [0.25, 0.3) is 0 Å². The van der Waals surface area contributed by atoms with Crippen LogP contribution in [0, 0.1) is 11.3 Å². The number of carbonyl (C=O) groups is 1. The molecule has 0 unspecified atom stereocenters. The lowest BCUT2D eigenvalue weighted by Crippen LogP contribution is -2.30. The molecule has 1 aliphatic rings. The van der Waals surface area contributed by atoms with Crippen molar-refractivity contribution in [2.45, 2.75) is 52.0 Å². The average Bonchev–Trinajstić information content (AvgIpc) is 3.45. The fraction of sp³-hybridized carbons (Fsp3) is 0.357. The Morgan fingerprint density at radius 2 is 1.94 bits per heavy atom. The molecule has 1 aromatic heterocycles. The van der Waals surface area contributed by atoms with E-state index in [2.05, 4.69) is 18.2 Å². The summed E-state index contributed by atoms with van der Waals surface area (Å²) in [6.45, 7) is 2.95. The first-order valence-electron chi connectivity index (χ1n) is 11.8. The van der Waals surface area contributed by atoms with Crippen molar-refractivity contribution in [3.05, 3.63) is 75.7 Å². The molecule has 1 aliphatic carbocycles. The minimum Gasteiger partial charge on any atom is -0.493 e. The third-order valence-electron chi connectivity index (χ3n) is 6.08. The molecule has 6 heteroatoms. The summed E-state index contributed by atoms with van der Waals surface area (Å²) < 4.78 is 11.6. The Hall–Kier alpha value is -3.30. The van der Waals surface area contributed by atoms with Crippen LogP contribution in [0.5, 0.6) is 11.5 Å². The van der Waals surface area contributed by atoms with Crippen LogP contribution in [0.1, 0.15) is 53.3 Å². The number of anilines is 1. The van der Waals surface area contributed by atoms with Crippen molar-refractivity contribution in [2.24, 2.45) is 0 Å². The summed E-state index contributed by atoms with van der Waals surface area (Å²) in [5.41, 5.74) is 3.97. The summed E-state index contributed by atoms with van der Waals surface area (Å²) >= 11 is 1.60. The van der Waals surface area contributed by atoms with Gasteiger partial charge in [-0.15, -0.1) is 11.3 Å². The number of amides is 1. The van der Waals surface area contributed by atoms with Crippen LogP contribution < -0.4 is 14.4 Å². The highest BCUT2D eigenvalue weighted by atomic mass is 32.1. The largest absolute Gasteiger partial charge is 0.493 e. The second kappa shape index (κ2) is 11.2. The highest BCUT2D eigenvalue weighted by Gasteiger charge is 2.28. The van der Waals surface area contributed by atoms with E-state index in [1.165, 1.54) is 10.4 Å². The maximum absolute atomic E-state index is 13.1. The second-order valence-electron chi connectivity index (χ2n) is 8.45. The van der Waals surface area contributed by atoms with Gasteiger partial charge in [0.15, 0.2) is 11.5 Å². The number of nitrogens with zero attached hydrogens (tertiary/aromatic N) is 2. The van der Waals surface area contributed by atoms with Gasteiger partial charge >= 0.3 is 0 Å². The number of benzene rings is 2. The lowest BCUT2D eigenvalue weighted by Gasteiger charge is -2.23. The topological polar surface area (TPSA) is 62.6 Å². The van der Waals surface area contributed by atoms with Crippen molar-refractivity contribution in [1.29, 1.82) is 5.26 Å². The molecular weight excluding hydrogens is 444 g/mol. The Labute approximate surface area is 205 Å². The molecule has 1 heterocycles. The molecule has 0 spiro atoms. The molecule has 0 saturated heterocycles. The summed E-state index contributed by atoms with van der Waals surface area (Å²) in [5.74, 6) is 1.37. The van der Waals surface area contributed by atoms with Crippen molar-refractivity contribution < 1.29 is 14.3 Å². The normalized spacial score (nSPS) is 12.1. The number of aryl methyl sites for hydroxylation is 1. The minimum absolute atomic E-state index is 0.0427. The van der Waals surface area contributed by atoms with E-state index < -0.39 is 0 Å². The number of nitriles is 1. The van der Waals surface area contributed by atoms with Crippen LogP contribution in [0.2, 0.25) is 0 Å². The highest BCUT2D eigenvalue weighted by Crippen LogP contribution is 2.41. The lowest BCUT2D eigenvalue weighted by atomic mass is 10.1. The van der Waals surface area contributed by atoms with Crippen molar-refractivity contribution in [1.82, 2.24) is 0 Å². The van der Waals surface area contributed by atoms with Gasteiger partial charge in [0, 0.05) is 17.7 Å². The van der Waals surface area contributed by atoms with Gasteiger partial charge < -0.3 is 9.47 Å². The predicted octanol–water partition coefficient (Wildman–Crippen LogP) is 6.07. The molecular formula is C28H30N2O3S. The molecule has 176 valence electrons. The van der Waals surface area contributed by atoms with E-state index in [-0.39, 0.29) is 5.91 Å². The highest BCUT2D eigenvalue weighted by molar-refractivity contribution is 7.16. The molecule has 3 aromatic rings. The molecule has 2 aromatic carbocycles. The molecule has 0 fully saturated rings. The minimum atomic E-state index is 0.0427.